The van der Waals surface area contributed by atoms with Gasteiger partial charge in [0, 0.05) is 5.88 Å². The topological polar surface area (TPSA) is 20.2 Å². The molecule has 0 saturated carbocycles. The Labute approximate surface area is 35.9 Å². The molecule has 2 heteroatoms. The summed E-state index contributed by atoms with van der Waals surface area (Å²) in [6.07, 6.45) is 2.37. The van der Waals surface area contributed by atoms with Crippen LogP contribution in [0.4, 0.5) is 0 Å². The summed E-state index contributed by atoms with van der Waals surface area (Å²) in [5, 5.41) is 7.80. The fourth-order valence-corrected chi connectivity index (χ4v) is 0.120. The maximum atomic E-state index is 7.80. The lowest BCUT2D eigenvalue weighted by molar-refractivity contribution is 0.473. The number of alkyl halides is 1. The smallest absolute Gasteiger partial charge is 0.0763 e. The molecule has 0 aromatic heterocycles. The Hall–Kier alpha value is -0.170. The molecule has 1 N–H and O–H groups in total. The zero-order valence-electron chi connectivity index (χ0n) is 2.69. The molecule has 0 amide bonds. The van der Waals surface area contributed by atoms with Gasteiger partial charge in [0.15, 0.2) is 0 Å². The molecule has 0 saturated heterocycles. The highest BCUT2D eigenvalue weighted by atomic mass is 35.5. The molecule has 1 nitrogen and oxygen atoms in total. The Kier molecular flexibility index (Phi) is 3.70. The molecule has 0 aliphatic rings. The Morgan fingerprint density at radius 1 is 1.80 bits per heavy atom. The molecule has 0 aromatic carbocycles. The molecule has 0 unspecified atom stereocenters. The molecule has 5 heavy (non-hydrogen) atoms. The molecule has 0 spiro atoms. The van der Waals surface area contributed by atoms with E-state index >= 15 is 0 Å². The van der Waals surface area contributed by atoms with Crippen molar-refractivity contribution in [3.05, 3.63) is 12.3 Å². The molecule has 0 aromatic rings. The Balaban J connectivity index is 2.62. The van der Waals surface area contributed by atoms with Gasteiger partial charge in [-0.15, -0.1) is 11.6 Å². The lowest BCUT2D eigenvalue weighted by atomic mass is 10.7. The van der Waals surface area contributed by atoms with Gasteiger partial charge in [-0.1, -0.05) is 0 Å². The van der Waals surface area contributed by atoms with Gasteiger partial charge in [0.05, 0.1) is 6.26 Å². The molecule has 0 bridgehead atoms. The fraction of sp³-hybridized carbons (Fsp3) is 0.333. The highest BCUT2D eigenvalue weighted by molar-refractivity contribution is 6.18. The largest absolute Gasteiger partial charge is 0.516 e. The van der Waals surface area contributed by atoms with Gasteiger partial charge in [-0.05, 0) is 6.08 Å². The van der Waals surface area contributed by atoms with Crippen LogP contribution in [0.25, 0.3) is 0 Å². The highest BCUT2D eigenvalue weighted by Gasteiger charge is 1.56. The van der Waals surface area contributed by atoms with Crippen LogP contribution < -0.4 is 0 Å². The molecule has 0 aliphatic heterocycles. The minimum absolute atomic E-state index is 0.385. The summed E-state index contributed by atoms with van der Waals surface area (Å²) in [6.45, 7) is 0. The first-order valence-corrected chi connectivity index (χ1v) is 1.80. The van der Waals surface area contributed by atoms with Gasteiger partial charge in [0.25, 0.3) is 0 Å². The van der Waals surface area contributed by atoms with Crippen molar-refractivity contribution in [2.75, 3.05) is 5.88 Å². The van der Waals surface area contributed by atoms with Gasteiger partial charge in [-0.25, -0.2) is 0 Å². The quantitative estimate of drug-likeness (QED) is 0.382. The van der Waals surface area contributed by atoms with Crippen molar-refractivity contribution in [1.82, 2.24) is 0 Å². The van der Waals surface area contributed by atoms with E-state index < -0.39 is 0 Å². The van der Waals surface area contributed by atoms with Crippen LogP contribution >= 0.6 is 11.6 Å². The van der Waals surface area contributed by atoms with Crippen LogP contribution in [0.5, 0.6) is 0 Å². The van der Waals surface area contributed by atoms with Gasteiger partial charge in [0.2, 0.25) is 0 Å². The van der Waals surface area contributed by atoms with E-state index in [0.29, 0.717) is 5.88 Å². The Morgan fingerprint density at radius 2 is 2.40 bits per heavy atom. The van der Waals surface area contributed by atoms with Crippen LogP contribution in [0.15, 0.2) is 12.3 Å². The van der Waals surface area contributed by atoms with Crippen LogP contribution in [-0.4, -0.2) is 11.0 Å². The van der Waals surface area contributed by atoms with Crippen LogP contribution in [0.3, 0.4) is 0 Å². The predicted octanol–water partition coefficient (Wildman–Crippen LogP) is 1.30. The van der Waals surface area contributed by atoms with E-state index in [4.69, 9.17) is 16.7 Å². The summed E-state index contributed by atoms with van der Waals surface area (Å²) >= 11 is 5.05. The lowest BCUT2D eigenvalue weighted by Crippen LogP contribution is -1.54. The number of hydrogen-bond donors (Lipinski definition) is 1. The van der Waals surface area contributed by atoms with Crippen molar-refractivity contribution in [3.8, 4) is 0 Å². The van der Waals surface area contributed by atoms with Crippen molar-refractivity contribution in [3.63, 3.8) is 0 Å². The first-order chi connectivity index (χ1) is 2.41. The van der Waals surface area contributed by atoms with Crippen LogP contribution in [0.2, 0.25) is 0 Å². The van der Waals surface area contributed by atoms with E-state index in [0.717, 1.165) is 6.26 Å². The van der Waals surface area contributed by atoms with Crippen LogP contribution in [0, 0.1) is 0 Å². The zero-order chi connectivity index (χ0) is 4.12. The molecule has 0 rings (SSSR count). The maximum Gasteiger partial charge on any atom is 0.0763 e. The summed E-state index contributed by atoms with van der Waals surface area (Å²) in [5.74, 6) is 0.385. The Bertz CT molecular complexity index is 33.9. The van der Waals surface area contributed by atoms with E-state index in [-0.39, 0.29) is 0 Å². The second-order valence-corrected chi connectivity index (χ2v) is 0.848. The third-order valence-electron chi connectivity index (χ3n) is 0.194. The van der Waals surface area contributed by atoms with E-state index in [1.807, 2.05) is 0 Å². The normalized spacial score (nSPS) is 9.80. The van der Waals surface area contributed by atoms with Crippen molar-refractivity contribution >= 4 is 11.6 Å². The summed E-state index contributed by atoms with van der Waals surface area (Å²) < 4.78 is 0. The molecule has 0 fully saturated rings. The number of aliphatic hydroxyl groups is 1. The molecule has 0 aliphatic carbocycles. The second-order valence-electron chi connectivity index (χ2n) is 0.539. The third-order valence-corrected chi connectivity index (χ3v) is 0.373. The van der Waals surface area contributed by atoms with Crippen molar-refractivity contribution in [2.24, 2.45) is 0 Å². The third kappa shape index (κ3) is 3.83. The highest BCUT2D eigenvalue weighted by Crippen LogP contribution is 1.71. The average Bonchev–Trinajstić information content (AvgIpc) is 1.41. The molecular weight excluding hydrogens is 87.5 g/mol. The minimum Gasteiger partial charge on any atom is -0.516 e. The summed E-state index contributed by atoms with van der Waals surface area (Å²) in [5.41, 5.74) is 0. The molecule has 0 radical (unpaired) electrons. The van der Waals surface area contributed by atoms with E-state index in [2.05, 4.69) is 0 Å². The Morgan fingerprint density at radius 3 is 2.40 bits per heavy atom. The summed E-state index contributed by atoms with van der Waals surface area (Å²) in [7, 11) is 0. The van der Waals surface area contributed by atoms with E-state index in [1.165, 1.54) is 6.08 Å². The maximum absolute atomic E-state index is 7.80. The molecular formula is C3H5ClO. The van der Waals surface area contributed by atoms with Crippen molar-refractivity contribution in [1.29, 1.82) is 0 Å². The number of aliphatic hydroxyl groups excluding tert-OH is 1. The number of hydrogen-bond acceptors (Lipinski definition) is 1. The van der Waals surface area contributed by atoms with Crippen molar-refractivity contribution in [2.45, 2.75) is 0 Å². The van der Waals surface area contributed by atoms with Crippen molar-refractivity contribution < 1.29 is 5.11 Å². The number of allylic oxidation sites excluding steroid dienone is 1. The second kappa shape index (κ2) is 3.83. The zero-order valence-corrected chi connectivity index (χ0v) is 3.44. The summed E-state index contributed by atoms with van der Waals surface area (Å²) in [4.78, 5) is 0. The fourth-order valence-electron chi connectivity index (χ4n) is 0.0398. The van der Waals surface area contributed by atoms with Gasteiger partial charge in [-0.2, -0.15) is 0 Å². The summed E-state index contributed by atoms with van der Waals surface area (Å²) in [6, 6.07) is 0. The molecule has 30 valence electrons. The van der Waals surface area contributed by atoms with Crippen LogP contribution in [0.1, 0.15) is 0 Å². The van der Waals surface area contributed by atoms with Crippen LogP contribution in [-0.2, 0) is 0 Å². The lowest BCUT2D eigenvalue weighted by Gasteiger charge is -1.63. The van der Waals surface area contributed by atoms with Gasteiger partial charge < -0.3 is 5.11 Å². The number of rotatable bonds is 1. The predicted molar refractivity (Wildman–Crippen MR) is 22.5 cm³/mol. The van der Waals surface area contributed by atoms with Gasteiger partial charge in [0.1, 0.15) is 0 Å². The first kappa shape index (κ1) is 4.83. The standard InChI is InChI=1S/C3H5ClO/c4-2-1-3-5/h1,3,5H,2H2. The van der Waals surface area contributed by atoms with E-state index in [9.17, 15) is 0 Å². The van der Waals surface area contributed by atoms with Gasteiger partial charge >= 0.3 is 0 Å². The molecule has 0 atom stereocenters. The van der Waals surface area contributed by atoms with E-state index in [1.54, 1.807) is 0 Å². The molecule has 0 heterocycles. The first-order valence-electron chi connectivity index (χ1n) is 1.27. The number of halogens is 1. The monoisotopic (exact) mass is 92.0 g/mol. The average molecular weight is 92.5 g/mol. The minimum atomic E-state index is 0.385. The SMILES string of the molecule is OC=CCCl. The van der Waals surface area contributed by atoms with Gasteiger partial charge in [-0.3, -0.25) is 0 Å².